The van der Waals surface area contributed by atoms with E-state index in [9.17, 15) is 18.0 Å². The van der Waals surface area contributed by atoms with Crippen LogP contribution >= 0.6 is 0 Å². The fourth-order valence-corrected chi connectivity index (χ4v) is 2.59. The summed E-state index contributed by atoms with van der Waals surface area (Å²) >= 11 is 0. The average molecular weight is 295 g/mol. The number of likely N-dealkylation sites (N-methyl/N-ethyl adjacent to an activating group) is 1. The van der Waals surface area contributed by atoms with Crippen molar-refractivity contribution in [2.75, 3.05) is 27.2 Å². The molecule has 0 aromatic carbocycles. The zero-order chi connectivity index (χ0) is 15.4. The SMILES string of the molecule is CC(NCC1(N(C)C)CCCC1)C(=O)NCC(F)(F)F. The molecule has 0 bridgehead atoms. The zero-order valence-electron chi connectivity index (χ0n) is 12.3. The maximum Gasteiger partial charge on any atom is 0.405 e. The molecule has 1 aliphatic carbocycles. The van der Waals surface area contributed by atoms with Crippen LogP contribution in [-0.4, -0.2) is 55.7 Å². The second-order valence-electron chi connectivity index (χ2n) is 5.76. The molecule has 20 heavy (non-hydrogen) atoms. The first kappa shape index (κ1) is 17.2. The number of nitrogens with one attached hydrogen (secondary N) is 2. The third-order valence-electron chi connectivity index (χ3n) is 4.08. The summed E-state index contributed by atoms with van der Waals surface area (Å²) in [4.78, 5) is 13.7. The molecule has 1 unspecified atom stereocenters. The fraction of sp³-hybridized carbons (Fsp3) is 0.923. The first-order chi connectivity index (χ1) is 9.16. The molecule has 0 aromatic rings. The summed E-state index contributed by atoms with van der Waals surface area (Å²) in [6.45, 7) is 0.918. The summed E-state index contributed by atoms with van der Waals surface area (Å²) in [6, 6.07) is -0.630. The molecule has 1 aliphatic rings. The molecule has 0 aliphatic heterocycles. The van der Waals surface area contributed by atoms with E-state index in [-0.39, 0.29) is 5.54 Å². The Morgan fingerprint density at radius 1 is 1.30 bits per heavy atom. The summed E-state index contributed by atoms with van der Waals surface area (Å²) in [7, 11) is 4.00. The van der Waals surface area contributed by atoms with Gasteiger partial charge in [-0.05, 0) is 33.9 Å². The summed E-state index contributed by atoms with van der Waals surface area (Å²) in [5, 5.41) is 4.96. The smallest absolute Gasteiger partial charge is 0.346 e. The van der Waals surface area contributed by atoms with E-state index < -0.39 is 24.7 Å². The van der Waals surface area contributed by atoms with Crippen molar-refractivity contribution in [3.8, 4) is 0 Å². The summed E-state index contributed by atoms with van der Waals surface area (Å²) in [6.07, 6.45) is 0.0164. The molecule has 0 aromatic heterocycles. The monoisotopic (exact) mass is 295 g/mol. The van der Waals surface area contributed by atoms with E-state index in [0.29, 0.717) is 6.54 Å². The van der Waals surface area contributed by atoms with Gasteiger partial charge < -0.3 is 15.5 Å². The second kappa shape index (κ2) is 6.76. The van der Waals surface area contributed by atoms with E-state index in [0.717, 1.165) is 25.7 Å². The Morgan fingerprint density at radius 2 is 1.85 bits per heavy atom. The second-order valence-corrected chi connectivity index (χ2v) is 5.76. The molecule has 1 fully saturated rings. The van der Waals surface area contributed by atoms with E-state index in [1.165, 1.54) is 0 Å². The quantitative estimate of drug-likeness (QED) is 0.781. The average Bonchev–Trinajstić information content (AvgIpc) is 2.82. The predicted molar refractivity (Wildman–Crippen MR) is 71.4 cm³/mol. The van der Waals surface area contributed by atoms with Crippen molar-refractivity contribution in [2.45, 2.75) is 50.4 Å². The standard InChI is InChI=1S/C13H24F3N3O/c1-10(11(20)18-9-13(14,15)16)17-8-12(19(2)3)6-4-5-7-12/h10,17H,4-9H2,1-3H3,(H,18,20). The van der Waals surface area contributed by atoms with Crippen LogP contribution in [0.5, 0.6) is 0 Å². The molecule has 118 valence electrons. The van der Waals surface area contributed by atoms with Crippen molar-refractivity contribution >= 4 is 5.91 Å². The number of nitrogens with zero attached hydrogens (tertiary/aromatic N) is 1. The highest BCUT2D eigenvalue weighted by Crippen LogP contribution is 2.33. The van der Waals surface area contributed by atoms with Crippen LogP contribution in [0.15, 0.2) is 0 Å². The molecule has 1 atom stereocenters. The molecule has 1 amide bonds. The third kappa shape index (κ3) is 4.94. The van der Waals surface area contributed by atoms with Crippen LogP contribution in [0.3, 0.4) is 0 Å². The molecule has 0 saturated heterocycles. The topological polar surface area (TPSA) is 44.4 Å². The first-order valence-corrected chi connectivity index (χ1v) is 6.92. The van der Waals surface area contributed by atoms with Crippen LogP contribution in [0.1, 0.15) is 32.6 Å². The minimum Gasteiger partial charge on any atom is -0.346 e. The Hall–Kier alpha value is -0.820. The minimum atomic E-state index is -4.37. The Morgan fingerprint density at radius 3 is 2.30 bits per heavy atom. The molecule has 0 heterocycles. The lowest BCUT2D eigenvalue weighted by molar-refractivity contribution is -0.139. The van der Waals surface area contributed by atoms with Gasteiger partial charge in [-0.3, -0.25) is 4.79 Å². The van der Waals surface area contributed by atoms with Gasteiger partial charge in [0.1, 0.15) is 6.54 Å². The highest BCUT2D eigenvalue weighted by molar-refractivity contribution is 5.81. The van der Waals surface area contributed by atoms with E-state index in [2.05, 4.69) is 10.2 Å². The molecule has 2 N–H and O–H groups in total. The Kier molecular flexibility index (Phi) is 5.82. The van der Waals surface area contributed by atoms with Crippen molar-refractivity contribution in [1.82, 2.24) is 15.5 Å². The van der Waals surface area contributed by atoms with Crippen molar-refractivity contribution < 1.29 is 18.0 Å². The number of carbonyl (C=O) groups excluding carboxylic acids is 1. The summed E-state index contributed by atoms with van der Waals surface area (Å²) < 4.78 is 36.1. The van der Waals surface area contributed by atoms with Crippen LogP contribution < -0.4 is 10.6 Å². The van der Waals surface area contributed by atoms with Gasteiger partial charge in [0, 0.05) is 12.1 Å². The Balaban J connectivity index is 2.41. The number of carbonyl (C=O) groups is 1. The molecule has 0 radical (unpaired) electrons. The molecule has 1 saturated carbocycles. The highest BCUT2D eigenvalue weighted by atomic mass is 19.4. The fourth-order valence-electron chi connectivity index (χ4n) is 2.59. The number of amides is 1. The van der Waals surface area contributed by atoms with Crippen molar-refractivity contribution in [3.05, 3.63) is 0 Å². The van der Waals surface area contributed by atoms with Crippen LogP contribution in [0, 0.1) is 0 Å². The lowest BCUT2D eigenvalue weighted by Crippen LogP contribution is -2.54. The molecule has 4 nitrogen and oxygen atoms in total. The lowest BCUT2D eigenvalue weighted by Gasteiger charge is -2.37. The van der Waals surface area contributed by atoms with Crippen LogP contribution in [-0.2, 0) is 4.79 Å². The highest BCUT2D eigenvalue weighted by Gasteiger charge is 2.36. The number of hydrogen-bond donors (Lipinski definition) is 2. The van der Waals surface area contributed by atoms with Gasteiger partial charge in [-0.2, -0.15) is 13.2 Å². The van der Waals surface area contributed by atoms with Gasteiger partial charge in [0.2, 0.25) is 5.91 Å². The predicted octanol–water partition coefficient (Wildman–Crippen LogP) is 1.52. The van der Waals surface area contributed by atoms with Gasteiger partial charge in [-0.1, -0.05) is 12.8 Å². The Bertz CT molecular complexity index is 325. The van der Waals surface area contributed by atoms with E-state index in [4.69, 9.17) is 0 Å². The van der Waals surface area contributed by atoms with Gasteiger partial charge >= 0.3 is 6.18 Å². The van der Waals surface area contributed by atoms with Crippen LogP contribution in [0.4, 0.5) is 13.2 Å². The van der Waals surface area contributed by atoms with Crippen LogP contribution in [0.2, 0.25) is 0 Å². The van der Waals surface area contributed by atoms with Gasteiger partial charge in [-0.25, -0.2) is 0 Å². The van der Waals surface area contributed by atoms with Crippen molar-refractivity contribution in [1.29, 1.82) is 0 Å². The largest absolute Gasteiger partial charge is 0.405 e. The zero-order valence-corrected chi connectivity index (χ0v) is 12.3. The Labute approximate surface area is 118 Å². The number of rotatable bonds is 6. The summed E-state index contributed by atoms with van der Waals surface area (Å²) in [5.41, 5.74) is 0.0125. The maximum absolute atomic E-state index is 12.0. The molecule has 1 rings (SSSR count). The first-order valence-electron chi connectivity index (χ1n) is 6.92. The van der Waals surface area contributed by atoms with Gasteiger partial charge in [-0.15, -0.1) is 0 Å². The molecule has 7 heteroatoms. The normalized spacial score (nSPS) is 20.1. The van der Waals surface area contributed by atoms with E-state index in [1.807, 2.05) is 19.4 Å². The van der Waals surface area contributed by atoms with Gasteiger partial charge in [0.25, 0.3) is 0 Å². The molecule has 0 spiro atoms. The molecular formula is C13H24F3N3O. The van der Waals surface area contributed by atoms with Crippen LogP contribution in [0.25, 0.3) is 0 Å². The number of hydrogen-bond acceptors (Lipinski definition) is 3. The van der Waals surface area contributed by atoms with E-state index >= 15 is 0 Å². The number of halogens is 3. The van der Waals surface area contributed by atoms with Crippen molar-refractivity contribution in [2.24, 2.45) is 0 Å². The van der Waals surface area contributed by atoms with Gasteiger partial charge in [0.05, 0.1) is 6.04 Å². The van der Waals surface area contributed by atoms with E-state index in [1.54, 1.807) is 6.92 Å². The lowest BCUT2D eigenvalue weighted by atomic mass is 9.95. The third-order valence-corrected chi connectivity index (χ3v) is 4.08. The molecular weight excluding hydrogens is 271 g/mol. The maximum atomic E-state index is 12.0. The van der Waals surface area contributed by atoms with Gasteiger partial charge in [0.15, 0.2) is 0 Å². The summed E-state index contributed by atoms with van der Waals surface area (Å²) in [5.74, 6) is -0.616. The van der Waals surface area contributed by atoms with Crippen molar-refractivity contribution in [3.63, 3.8) is 0 Å². The number of alkyl halides is 3. The minimum absolute atomic E-state index is 0.0125.